The van der Waals surface area contributed by atoms with Gasteiger partial charge in [0.25, 0.3) is 5.69 Å². The number of hydrogen-bond donors (Lipinski definition) is 3. The van der Waals surface area contributed by atoms with Crippen molar-refractivity contribution in [3.8, 4) is 0 Å². The molecule has 0 heterocycles. The molecule has 2 amide bonds. The number of amides is 2. The van der Waals surface area contributed by atoms with Crippen molar-refractivity contribution in [1.29, 1.82) is 5.41 Å². The number of carbonyl (C=O) groups excluding carboxylic acids is 1. The number of nitro benzene ring substituents is 1. The highest BCUT2D eigenvalue weighted by atomic mass is 16.6. The first-order valence-electron chi connectivity index (χ1n) is 5.00. The van der Waals surface area contributed by atoms with E-state index < -0.39 is 16.9 Å². The normalized spacial score (nSPS) is 9.67. The van der Waals surface area contributed by atoms with Crippen molar-refractivity contribution in [2.24, 2.45) is 5.73 Å². The van der Waals surface area contributed by atoms with Crippen molar-refractivity contribution in [2.75, 3.05) is 11.9 Å². The minimum atomic E-state index is -0.708. The number of aryl methyl sites for hydroxylation is 1. The van der Waals surface area contributed by atoms with E-state index in [4.69, 9.17) is 11.1 Å². The van der Waals surface area contributed by atoms with Crippen molar-refractivity contribution in [1.82, 2.24) is 5.32 Å². The van der Waals surface area contributed by atoms with Crippen LogP contribution in [0.15, 0.2) is 18.2 Å². The van der Waals surface area contributed by atoms with Crippen LogP contribution in [0.4, 0.5) is 16.2 Å². The van der Waals surface area contributed by atoms with Crippen LogP contribution in [0.5, 0.6) is 0 Å². The predicted molar refractivity (Wildman–Crippen MR) is 66.7 cm³/mol. The highest BCUT2D eigenvalue weighted by molar-refractivity contribution is 6.15. The van der Waals surface area contributed by atoms with Gasteiger partial charge in [0, 0.05) is 13.1 Å². The maximum absolute atomic E-state index is 11.7. The summed E-state index contributed by atoms with van der Waals surface area (Å²) in [6, 6.07) is 3.64. The van der Waals surface area contributed by atoms with E-state index in [2.05, 4.69) is 5.32 Å². The molecule has 0 fully saturated rings. The molecule has 0 aliphatic rings. The van der Waals surface area contributed by atoms with Crippen LogP contribution in [-0.2, 0) is 0 Å². The summed E-state index contributed by atoms with van der Waals surface area (Å²) in [4.78, 5) is 22.7. The summed E-state index contributed by atoms with van der Waals surface area (Å²) in [7, 11) is 1.35. The number of carbonyl (C=O) groups is 1. The Hall–Kier alpha value is -2.64. The maximum Gasteiger partial charge on any atom is 0.328 e. The van der Waals surface area contributed by atoms with Crippen LogP contribution >= 0.6 is 0 Å². The Morgan fingerprint density at radius 3 is 2.61 bits per heavy atom. The lowest BCUT2D eigenvalue weighted by atomic mass is 10.1. The van der Waals surface area contributed by atoms with Crippen LogP contribution in [0.3, 0.4) is 0 Å². The van der Waals surface area contributed by atoms with Gasteiger partial charge in [0.1, 0.15) is 5.69 Å². The third kappa shape index (κ3) is 2.37. The Balaban J connectivity index is 3.49. The van der Waals surface area contributed by atoms with Gasteiger partial charge in [-0.05, 0) is 12.5 Å². The molecule has 8 nitrogen and oxygen atoms in total. The molecule has 0 saturated heterocycles. The Morgan fingerprint density at radius 1 is 1.56 bits per heavy atom. The summed E-state index contributed by atoms with van der Waals surface area (Å²) in [6.07, 6.45) is 0. The first kappa shape index (κ1) is 13.4. The predicted octanol–water partition coefficient (Wildman–Crippen LogP) is 0.942. The number of rotatable bonds is 2. The second kappa shape index (κ2) is 5.13. The Kier molecular flexibility index (Phi) is 3.82. The summed E-state index contributed by atoms with van der Waals surface area (Å²) in [6.45, 7) is 1.60. The number of urea groups is 1. The number of nitrogens with one attached hydrogen (secondary N) is 2. The molecule has 0 atom stereocenters. The summed E-state index contributed by atoms with van der Waals surface area (Å²) in [5, 5.41) is 20.6. The molecule has 0 spiro atoms. The van der Waals surface area contributed by atoms with E-state index in [1.807, 2.05) is 0 Å². The SMILES string of the molecule is CNC(=O)N(C(=N)N)c1c(C)cccc1[N+](=O)[O-]. The van der Waals surface area contributed by atoms with E-state index in [-0.39, 0.29) is 11.4 Å². The molecule has 0 saturated carbocycles. The van der Waals surface area contributed by atoms with Gasteiger partial charge in [0.15, 0.2) is 0 Å². The highest BCUT2D eigenvalue weighted by Crippen LogP contribution is 2.31. The van der Waals surface area contributed by atoms with Crippen molar-refractivity contribution in [3.05, 3.63) is 33.9 Å². The molecule has 0 unspecified atom stereocenters. The number of guanidine groups is 1. The fourth-order valence-electron chi connectivity index (χ4n) is 1.52. The molecule has 96 valence electrons. The molecular formula is C10H13N5O3. The zero-order chi connectivity index (χ0) is 13.9. The number of hydrogen-bond acceptors (Lipinski definition) is 4. The van der Waals surface area contributed by atoms with Gasteiger partial charge < -0.3 is 11.1 Å². The fraction of sp³-hybridized carbons (Fsp3) is 0.200. The van der Waals surface area contributed by atoms with E-state index in [0.717, 1.165) is 4.90 Å². The van der Waals surface area contributed by atoms with Gasteiger partial charge in [-0.15, -0.1) is 0 Å². The van der Waals surface area contributed by atoms with Crippen molar-refractivity contribution in [3.63, 3.8) is 0 Å². The molecule has 0 aromatic heterocycles. The number of nitrogens with two attached hydrogens (primary N) is 1. The lowest BCUT2D eigenvalue weighted by molar-refractivity contribution is -0.384. The Bertz CT molecular complexity index is 514. The summed E-state index contributed by atoms with van der Waals surface area (Å²) in [5.74, 6) is -0.591. The van der Waals surface area contributed by atoms with E-state index in [0.29, 0.717) is 5.56 Å². The van der Waals surface area contributed by atoms with Gasteiger partial charge in [-0.25, -0.2) is 9.69 Å². The van der Waals surface area contributed by atoms with Crippen LogP contribution in [0.1, 0.15) is 5.56 Å². The average molecular weight is 251 g/mol. The quantitative estimate of drug-likeness (QED) is 0.313. The first-order valence-corrected chi connectivity index (χ1v) is 5.00. The number of anilines is 1. The van der Waals surface area contributed by atoms with Gasteiger partial charge in [-0.2, -0.15) is 0 Å². The van der Waals surface area contributed by atoms with Crippen LogP contribution in [0.25, 0.3) is 0 Å². The lowest BCUT2D eigenvalue weighted by Gasteiger charge is -2.21. The van der Waals surface area contributed by atoms with E-state index in [1.54, 1.807) is 13.0 Å². The number of nitrogens with zero attached hydrogens (tertiary/aromatic N) is 2. The number of benzene rings is 1. The number of nitro groups is 1. The van der Waals surface area contributed by atoms with E-state index >= 15 is 0 Å². The Morgan fingerprint density at radius 2 is 2.17 bits per heavy atom. The van der Waals surface area contributed by atoms with Gasteiger partial charge >= 0.3 is 6.03 Å². The van der Waals surface area contributed by atoms with E-state index in [9.17, 15) is 14.9 Å². The topological polar surface area (TPSA) is 125 Å². The Labute approximate surface area is 103 Å². The van der Waals surface area contributed by atoms with Crippen molar-refractivity contribution < 1.29 is 9.72 Å². The average Bonchev–Trinajstić information content (AvgIpc) is 2.30. The van der Waals surface area contributed by atoms with Crippen LogP contribution in [-0.4, -0.2) is 24.0 Å². The summed E-state index contributed by atoms with van der Waals surface area (Å²) >= 11 is 0. The zero-order valence-corrected chi connectivity index (χ0v) is 9.93. The van der Waals surface area contributed by atoms with Crippen molar-refractivity contribution in [2.45, 2.75) is 6.92 Å². The van der Waals surface area contributed by atoms with Crippen LogP contribution in [0, 0.1) is 22.4 Å². The molecule has 1 aromatic carbocycles. The van der Waals surface area contributed by atoms with Gasteiger partial charge in [-0.1, -0.05) is 12.1 Å². The third-order valence-electron chi connectivity index (χ3n) is 2.29. The van der Waals surface area contributed by atoms with Crippen LogP contribution < -0.4 is 16.0 Å². The fourth-order valence-corrected chi connectivity index (χ4v) is 1.52. The monoisotopic (exact) mass is 251 g/mol. The molecule has 0 bridgehead atoms. The molecular weight excluding hydrogens is 238 g/mol. The molecule has 0 aliphatic carbocycles. The van der Waals surface area contributed by atoms with E-state index in [1.165, 1.54) is 19.2 Å². The van der Waals surface area contributed by atoms with Gasteiger partial charge in [-0.3, -0.25) is 15.5 Å². The van der Waals surface area contributed by atoms with Gasteiger partial charge in [0.2, 0.25) is 5.96 Å². The molecule has 18 heavy (non-hydrogen) atoms. The largest absolute Gasteiger partial charge is 0.369 e. The molecule has 1 rings (SSSR count). The third-order valence-corrected chi connectivity index (χ3v) is 2.29. The second-order valence-corrected chi connectivity index (χ2v) is 3.48. The maximum atomic E-state index is 11.7. The molecule has 0 aliphatic heterocycles. The minimum absolute atomic E-state index is 0.00523. The lowest BCUT2D eigenvalue weighted by Crippen LogP contribution is -2.46. The zero-order valence-electron chi connectivity index (χ0n) is 9.93. The summed E-state index contributed by atoms with van der Waals surface area (Å²) < 4.78 is 0. The summed E-state index contributed by atoms with van der Waals surface area (Å²) in [5.41, 5.74) is 5.50. The highest BCUT2D eigenvalue weighted by Gasteiger charge is 2.27. The smallest absolute Gasteiger partial charge is 0.328 e. The standard InChI is InChI=1S/C10H13N5O3/c1-6-4-3-5-7(15(17)18)8(6)14(9(11)12)10(16)13-2/h3-5H,1-2H3,(H3,11,12)(H,13,16). The minimum Gasteiger partial charge on any atom is -0.369 e. The first-order chi connectivity index (χ1) is 8.40. The second-order valence-electron chi connectivity index (χ2n) is 3.48. The molecule has 1 aromatic rings. The van der Waals surface area contributed by atoms with Crippen LogP contribution in [0.2, 0.25) is 0 Å². The van der Waals surface area contributed by atoms with Crippen molar-refractivity contribution >= 4 is 23.4 Å². The molecule has 8 heteroatoms. The molecule has 0 radical (unpaired) electrons. The van der Waals surface area contributed by atoms with Gasteiger partial charge in [0.05, 0.1) is 4.92 Å². The molecule has 4 N–H and O–H groups in total. The number of para-hydroxylation sites is 1.